The highest BCUT2D eigenvalue weighted by Crippen LogP contribution is 2.16. The SMILES string of the molecule is C=CC(C)Oc1ccc(S(N)(=O)=O)cc1. The van der Waals surface area contributed by atoms with Crippen LogP contribution in [-0.4, -0.2) is 14.5 Å². The number of hydrogen-bond donors (Lipinski definition) is 1. The molecule has 0 spiro atoms. The number of benzene rings is 1. The largest absolute Gasteiger partial charge is 0.487 e. The van der Waals surface area contributed by atoms with Gasteiger partial charge in [-0.25, -0.2) is 13.6 Å². The number of hydrogen-bond acceptors (Lipinski definition) is 3. The van der Waals surface area contributed by atoms with Gasteiger partial charge in [0, 0.05) is 0 Å². The van der Waals surface area contributed by atoms with E-state index in [1.54, 1.807) is 18.2 Å². The number of nitrogens with two attached hydrogens (primary N) is 1. The first-order valence-corrected chi connectivity index (χ1v) is 5.90. The lowest BCUT2D eigenvalue weighted by atomic mass is 10.3. The van der Waals surface area contributed by atoms with Crippen LogP contribution in [0.4, 0.5) is 0 Å². The molecule has 1 aromatic carbocycles. The van der Waals surface area contributed by atoms with Crippen molar-refractivity contribution in [2.24, 2.45) is 5.14 Å². The van der Waals surface area contributed by atoms with Crippen molar-refractivity contribution < 1.29 is 13.2 Å². The van der Waals surface area contributed by atoms with Crippen molar-refractivity contribution in [3.05, 3.63) is 36.9 Å². The molecule has 1 rings (SSSR count). The fourth-order valence-corrected chi connectivity index (χ4v) is 1.49. The van der Waals surface area contributed by atoms with Crippen molar-refractivity contribution in [2.75, 3.05) is 0 Å². The third-order valence-corrected chi connectivity index (χ3v) is 2.74. The molecule has 15 heavy (non-hydrogen) atoms. The van der Waals surface area contributed by atoms with Crippen LogP contribution in [0, 0.1) is 0 Å². The summed E-state index contributed by atoms with van der Waals surface area (Å²) >= 11 is 0. The maximum atomic E-state index is 10.9. The Balaban J connectivity index is 2.86. The summed E-state index contributed by atoms with van der Waals surface area (Å²) in [4.78, 5) is 0.0705. The second-order valence-electron chi connectivity index (χ2n) is 3.08. The fraction of sp³-hybridized carbons (Fsp3) is 0.200. The Hall–Kier alpha value is -1.33. The van der Waals surface area contributed by atoms with Crippen LogP contribution in [0.5, 0.6) is 5.75 Å². The van der Waals surface area contributed by atoms with Crippen molar-refractivity contribution in [1.29, 1.82) is 0 Å². The highest BCUT2D eigenvalue weighted by Gasteiger charge is 2.07. The van der Waals surface area contributed by atoms with Gasteiger partial charge in [-0.05, 0) is 31.2 Å². The smallest absolute Gasteiger partial charge is 0.238 e. The molecule has 0 aromatic heterocycles. The molecular formula is C10H13NO3S. The lowest BCUT2D eigenvalue weighted by molar-refractivity contribution is 0.270. The molecule has 0 radical (unpaired) electrons. The highest BCUT2D eigenvalue weighted by molar-refractivity contribution is 7.89. The summed E-state index contributed by atoms with van der Waals surface area (Å²) in [6, 6.07) is 5.92. The second-order valence-corrected chi connectivity index (χ2v) is 4.64. The summed E-state index contributed by atoms with van der Waals surface area (Å²) in [7, 11) is -3.63. The highest BCUT2D eigenvalue weighted by atomic mass is 32.2. The van der Waals surface area contributed by atoms with E-state index >= 15 is 0 Å². The van der Waals surface area contributed by atoms with Crippen LogP contribution in [0.1, 0.15) is 6.92 Å². The van der Waals surface area contributed by atoms with Gasteiger partial charge in [0.2, 0.25) is 10.0 Å². The van der Waals surface area contributed by atoms with Crippen molar-refractivity contribution in [3.63, 3.8) is 0 Å². The first kappa shape index (κ1) is 11.7. The number of sulfonamides is 1. The van der Waals surface area contributed by atoms with Gasteiger partial charge in [-0.15, -0.1) is 0 Å². The van der Waals surface area contributed by atoms with E-state index in [9.17, 15) is 8.42 Å². The summed E-state index contributed by atoms with van der Waals surface area (Å²) in [6.45, 7) is 5.41. The van der Waals surface area contributed by atoms with E-state index in [0.29, 0.717) is 5.75 Å². The Bertz CT molecular complexity index is 436. The standard InChI is InChI=1S/C10H13NO3S/c1-3-8(2)14-9-4-6-10(7-5-9)15(11,12)13/h3-8H,1H2,2H3,(H2,11,12,13). The van der Waals surface area contributed by atoms with Crippen molar-refractivity contribution in [2.45, 2.75) is 17.9 Å². The molecule has 1 unspecified atom stereocenters. The van der Waals surface area contributed by atoms with Crippen LogP contribution in [0.2, 0.25) is 0 Å². The van der Waals surface area contributed by atoms with Gasteiger partial charge in [0.15, 0.2) is 0 Å². The number of rotatable bonds is 4. The maximum absolute atomic E-state index is 10.9. The molecule has 5 heteroatoms. The molecule has 0 amide bonds. The zero-order valence-electron chi connectivity index (χ0n) is 8.38. The predicted octanol–water partition coefficient (Wildman–Crippen LogP) is 1.29. The van der Waals surface area contributed by atoms with Gasteiger partial charge in [0.25, 0.3) is 0 Å². The van der Waals surface area contributed by atoms with E-state index < -0.39 is 10.0 Å². The van der Waals surface area contributed by atoms with Crippen molar-refractivity contribution in [3.8, 4) is 5.75 Å². The molecule has 0 aliphatic rings. The van der Waals surface area contributed by atoms with Crippen molar-refractivity contribution in [1.82, 2.24) is 0 Å². The Morgan fingerprint density at radius 1 is 1.40 bits per heavy atom. The first-order chi connectivity index (χ1) is 6.93. The predicted molar refractivity (Wildman–Crippen MR) is 58.1 cm³/mol. The zero-order chi connectivity index (χ0) is 11.5. The molecular weight excluding hydrogens is 214 g/mol. The summed E-state index contributed by atoms with van der Waals surface area (Å²) in [5.41, 5.74) is 0. The van der Waals surface area contributed by atoms with Crippen LogP contribution < -0.4 is 9.88 Å². The summed E-state index contributed by atoms with van der Waals surface area (Å²) in [5, 5.41) is 4.95. The molecule has 0 fully saturated rings. The average molecular weight is 227 g/mol. The van der Waals surface area contributed by atoms with Gasteiger partial charge in [0.1, 0.15) is 11.9 Å². The van der Waals surface area contributed by atoms with Crippen LogP contribution in [0.15, 0.2) is 41.8 Å². The minimum Gasteiger partial charge on any atom is -0.487 e. The molecule has 4 nitrogen and oxygen atoms in total. The molecule has 0 saturated carbocycles. The normalized spacial score (nSPS) is 13.2. The lowest BCUT2D eigenvalue weighted by Gasteiger charge is -2.10. The fourth-order valence-electron chi connectivity index (χ4n) is 0.971. The number of primary sulfonamides is 1. The quantitative estimate of drug-likeness (QED) is 0.788. The Kier molecular flexibility index (Phi) is 3.49. The second kappa shape index (κ2) is 4.46. The van der Waals surface area contributed by atoms with Gasteiger partial charge < -0.3 is 4.74 Å². The van der Waals surface area contributed by atoms with E-state index in [1.165, 1.54) is 12.1 Å². The third kappa shape index (κ3) is 3.38. The summed E-state index contributed by atoms with van der Waals surface area (Å²) in [5.74, 6) is 0.579. The molecule has 0 heterocycles. The van der Waals surface area contributed by atoms with E-state index in [0.717, 1.165) is 0 Å². The van der Waals surface area contributed by atoms with E-state index in [1.807, 2.05) is 6.92 Å². The van der Waals surface area contributed by atoms with Crippen LogP contribution in [0.3, 0.4) is 0 Å². The molecule has 82 valence electrons. The van der Waals surface area contributed by atoms with E-state index in [2.05, 4.69) is 6.58 Å². The van der Waals surface area contributed by atoms with Gasteiger partial charge in [-0.3, -0.25) is 0 Å². The lowest BCUT2D eigenvalue weighted by Crippen LogP contribution is -2.12. The van der Waals surface area contributed by atoms with E-state index in [4.69, 9.17) is 9.88 Å². The summed E-state index contributed by atoms with van der Waals surface area (Å²) in [6.07, 6.45) is 1.53. The average Bonchev–Trinajstić information content (AvgIpc) is 2.17. The minimum absolute atomic E-state index is 0.0705. The van der Waals surface area contributed by atoms with Gasteiger partial charge in [-0.1, -0.05) is 12.7 Å². The maximum Gasteiger partial charge on any atom is 0.238 e. The third-order valence-electron chi connectivity index (χ3n) is 1.81. The van der Waals surface area contributed by atoms with E-state index in [-0.39, 0.29) is 11.0 Å². The summed E-state index contributed by atoms with van der Waals surface area (Å²) < 4.78 is 27.3. The molecule has 2 N–H and O–H groups in total. The topological polar surface area (TPSA) is 69.4 Å². The minimum atomic E-state index is -3.63. The first-order valence-electron chi connectivity index (χ1n) is 4.35. The molecule has 1 aromatic rings. The van der Waals surface area contributed by atoms with Gasteiger partial charge in [-0.2, -0.15) is 0 Å². The Morgan fingerprint density at radius 3 is 2.33 bits per heavy atom. The van der Waals surface area contributed by atoms with Crippen LogP contribution >= 0.6 is 0 Å². The van der Waals surface area contributed by atoms with Gasteiger partial charge >= 0.3 is 0 Å². The van der Waals surface area contributed by atoms with Gasteiger partial charge in [0.05, 0.1) is 4.90 Å². The van der Waals surface area contributed by atoms with Crippen LogP contribution in [0.25, 0.3) is 0 Å². The Morgan fingerprint density at radius 2 is 1.93 bits per heavy atom. The molecule has 1 atom stereocenters. The van der Waals surface area contributed by atoms with Crippen LogP contribution in [-0.2, 0) is 10.0 Å². The van der Waals surface area contributed by atoms with Crippen molar-refractivity contribution >= 4 is 10.0 Å². The molecule has 0 bridgehead atoms. The Labute approximate surface area is 89.4 Å². The molecule has 0 aliphatic carbocycles. The monoisotopic (exact) mass is 227 g/mol. The molecule has 0 aliphatic heterocycles. The zero-order valence-corrected chi connectivity index (χ0v) is 9.20. The molecule has 0 saturated heterocycles. The number of ether oxygens (including phenoxy) is 1.